The Balaban J connectivity index is 2.21. The van der Waals surface area contributed by atoms with Crippen molar-refractivity contribution in [3.05, 3.63) is 52.3 Å². The van der Waals surface area contributed by atoms with Gasteiger partial charge in [-0.15, -0.1) is 0 Å². The third kappa shape index (κ3) is 4.36. The summed E-state index contributed by atoms with van der Waals surface area (Å²) in [6.07, 6.45) is -0.608. The second-order valence-electron chi connectivity index (χ2n) is 6.07. The minimum Gasteiger partial charge on any atom is -0.496 e. The average molecular weight is 364 g/mol. The molecule has 2 aromatic rings. The van der Waals surface area contributed by atoms with Gasteiger partial charge in [-0.3, -0.25) is 4.98 Å². The van der Waals surface area contributed by atoms with Gasteiger partial charge in [0, 0.05) is 11.3 Å². The molecule has 0 aliphatic heterocycles. The van der Waals surface area contributed by atoms with Crippen molar-refractivity contribution in [1.29, 1.82) is 0 Å². The van der Waals surface area contributed by atoms with Gasteiger partial charge in [0.25, 0.3) is 0 Å². The van der Waals surface area contributed by atoms with E-state index in [1.807, 2.05) is 13.8 Å². The van der Waals surface area contributed by atoms with E-state index >= 15 is 0 Å². The number of pyridine rings is 1. The molecule has 0 spiro atoms. The van der Waals surface area contributed by atoms with E-state index in [2.05, 4.69) is 9.71 Å². The van der Waals surface area contributed by atoms with E-state index in [0.29, 0.717) is 17.1 Å². The van der Waals surface area contributed by atoms with Gasteiger partial charge in [0.15, 0.2) is 0 Å². The number of hydrogen-bond donors (Lipinski definition) is 2. The summed E-state index contributed by atoms with van der Waals surface area (Å²) in [5.74, 6) is 0.685. The zero-order valence-electron chi connectivity index (χ0n) is 15.1. The summed E-state index contributed by atoms with van der Waals surface area (Å²) in [5.41, 5.74) is 3.53. The first-order chi connectivity index (χ1) is 11.7. The lowest BCUT2D eigenvalue weighted by molar-refractivity contribution is 0.198. The first-order valence-corrected chi connectivity index (χ1v) is 9.43. The summed E-state index contributed by atoms with van der Waals surface area (Å²) >= 11 is 0. The Bertz CT molecular complexity index is 854. The minimum atomic E-state index is -3.66. The van der Waals surface area contributed by atoms with Crippen molar-refractivity contribution in [2.45, 2.75) is 45.2 Å². The Morgan fingerprint density at radius 3 is 2.28 bits per heavy atom. The molecule has 7 heteroatoms. The van der Waals surface area contributed by atoms with E-state index < -0.39 is 16.1 Å². The summed E-state index contributed by atoms with van der Waals surface area (Å²) in [5, 5.41) is 9.64. The quantitative estimate of drug-likeness (QED) is 0.822. The first kappa shape index (κ1) is 19.4. The van der Waals surface area contributed by atoms with Gasteiger partial charge < -0.3 is 9.84 Å². The van der Waals surface area contributed by atoms with Gasteiger partial charge in [-0.1, -0.05) is 6.07 Å². The molecular formula is C18H24N2O4S. The number of methoxy groups -OCH3 is 1. The molecule has 0 aliphatic rings. The van der Waals surface area contributed by atoms with Crippen LogP contribution in [-0.4, -0.2) is 25.6 Å². The summed E-state index contributed by atoms with van der Waals surface area (Å²) in [7, 11) is -2.10. The fourth-order valence-electron chi connectivity index (χ4n) is 2.80. The van der Waals surface area contributed by atoms with E-state index in [1.165, 1.54) is 0 Å². The predicted molar refractivity (Wildman–Crippen MR) is 96.1 cm³/mol. The molecule has 1 atom stereocenters. The molecule has 0 aliphatic carbocycles. The Kier molecular flexibility index (Phi) is 5.82. The summed E-state index contributed by atoms with van der Waals surface area (Å²) in [6, 6.07) is 6.65. The molecule has 25 heavy (non-hydrogen) atoms. The number of ether oxygens (including phenoxy) is 1. The number of aryl methyl sites for hydroxylation is 3. The van der Waals surface area contributed by atoms with Crippen LogP contribution in [0.2, 0.25) is 0 Å². The molecule has 1 aromatic carbocycles. The van der Waals surface area contributed by atoms with E-state index in [1.54, 1.807) is 45.2 Å². The molecule has 1 aromatic heterocycles. The normalized spacial score (nSPS) is 12.9. The van der Waals surface area contributed by atoms with Gasteiger partial charge in [0.2, 0.25) is 10.0 Å². The molecule has 2 N–H and O–H groups in total. The lowest BCUT2D eigenvalue weighted by atomic mass is 10.1. The van der Waals surface area contributed by atoms with Gasteiger partial charge in [-0.2, -0.15) is 0 Å². The first-order valence-electron chi connectivity index (χ1n) is 7.95. The third-order valence-corrected chi connectivity index (χ3v) is 5.41. The Hall–Kier alpha value is -1.96. The van der Waals surface area contributed by atoms with Crippen LogP contribution < -0.4 is 9.46 Å². The molecule has 0 radical (unpaired) electrons. The van der Waals surface area contributed by atoms with Gasteiger partial charge in [-0.05, 0) is 57.0 Å². The van der Waals surface area contributed by atoms with Crippen LogP contribution in [-0.2, 0) is 16.6 Å². The van der Waals surface area contributed by atoms with Crippen LogP contribution in [0.25, 0.3) is 0 Å². The topological polar surface area (TPSA) is 88.5 Å². The number of benzene rings is 1. The van der Waals surface area contributed by atoms with Gasteiger partial charge in [-0.25, -0.2) is 13.1 Å². The predicted octanol–water partition coefficient (Wildman–Crippen LogP) is 2.55. The molecule has 2 rings (SSSR count). The fraction of sp³-hybridized carbons (Fsp3) is 0.389. The average Bonchev–Trinajstić information content (AvgIpc) is 2.52. The highest BCUT2D eigenvalue weighted by Gasteiger charge is 2.17. The maximum Gasteiger partial charge on any atom is 0.240 e. The number of hydrogen-bond acceptors (Lipinski definition) is 5. The van der Waals surface area contributed by atoms with Crippen molar-refractivity contribution in [3.8, 4) is 5.75 Å². The van der Waals surface area contributed by atoms with Crippen LogP contribution >= 0.6 is 0 Å². The van der Waals surface area contributed by atoms with Crippen LogP contribution in [0.4, 0.5) is 0 Å². The zero-order chi connectivity index (χ0) is 18.8. The monoisotopic (exact) mass is 364 g/mol. The van der Waals surface area contributed by atoms with E-state index in [-0.39, 0.29) is 11.4 Å². The highest BCUT2D eigenvalue weighted by atomic mass is 32.2. The molecule has 0 saturated heterocycles. The van der Waals surface area contributed by atoms with Gasteiger partial charge in [0.05, 0.1) is 30.3 Å². The minimum absolute atomic E-state index is 0.0768. The summed E-state index contributed by atoms with van der Waals surface area (Å²) in [6.45, 7) is 7.15. The summed E-state index contributed by atoms with van der Waals surface area (Å²) < 4.78 is 32.9. The number of sulfonamides is 1. The molecule has 0 bridgehead atoms. The molecule has 6 nitrogen and oxygen atoms in total. The highest BCUT2D eigenvalue weighted by Crippen LogP contribution is 2.26. The zero-order valence-corrected chi connectivity index (χ0v) is 15.9. The molecular weight excluding hydrogens is 340 g/mol. The number of aromatic nitrogens is 1. The second kappa shape index (κ2) is 7.51. The maximum absolute atomic E-state index is 12.5. The van der Waals surface area contributed by atoms with Crippen LogP contribution in [0.15, 0.2) is 29.2 Å². The molecule has 1 heterocycles. The second-order valence-corrected chi connectivity index (χ2v) is 7.84. The van der Waals surface area contributed by atoms with Crippen molar-refractivity contribution in [1.82, 2.24) is 9.71 Å². The lowest BCUT2D eigenvalue weighted by Gasteiger charge is -2.13. The van der Waals surface area contributed by atoms with Crippen LogP contribution in [0.1, 0.15) is 41.1 Å². The maximum atomic E-state index is 12.5. The third-order valence-electron chi connectivity index (χ3n) is 4.03. The standard InChI is InChI=1S/C18H24N2O4S/c1-11-8-16(9-12(2)18(11)24-5)25(22,23)19-10-15-6-7-17(14(4)21)13(3)20-15/h6-9,14,19,21H,10H2,1-5H3/t14-/m0/s1. The van der Waals surface area contributed by atoms with Crippen LogP contribution in [0, 0.1) is 20.8 Å². The number of rotatable bonds is 6. The van der Waals surface area contributed by atoms with Gasteiger partial charge >= 0.3 is 0 Å². The van der Waals surface area contributed by atoms with Crippen molar-refractivity contribution < 1.29 is 18.3 Å². The van der Waals surface area contributed by atoms with Crippen molar-refractivity contribution in [2.75, 3.05) is 7.11 Å². The summed E-state index contributed by atoms with van der Waals surface area (Å²) in [4.78, 5) is 4.54. The Morgan fingerprint density at radius 1 is 1.20 bits per heavy atom. The van der Waals surface area contributed by atoms with E-state index in [9.17, 15) is 13.5 Å². The Morgan fingerprint density at radius 2 is 1.80 bits per heavy atom. The van der Waals surface area contributed by atoms with Crippen LogP contribution in [0.5, 0.6) is 5.75 Å². The molecule has 0 amide bonds. The van der Waals surface area contributed by atoms with Crippen molar-refractivity contribution in [3.63, 3.8) is 0 Å². The van der Waals surface area contributed by atoms with Crippen LogP contribution in [0.3, 0.4) is 0 Å². The van der Waals surface area contributed by atoms with Gasteiger partial charge in [0.1, 0.15) is 5.75 Å². The number of aliphatic hydroxyl groups is 1. The largest absolute Gasteiger partial charge is 0.496 e. The fourth-order valence-corrected chi connectivity index (χ4v) is 3.97. The van der Waals surface area contributed by atoms with E-state index in [0.717, 1.165) is 16.7 Å². The number of aliphatic hydroxyl groups excluding tert-OH is 1. The molecule has 0 saturated carbocycles. The molecule has 136 valence electrons. The van der Waals surface area contributed by atoms with E-state index in [4.69, 9.17) is 4.74 Å². The van der Waals surface area contributed by atoms with Crippen molar-refractivity contribution in [2.24, 2.45) is 0 Å². The smallest absolute Gasteiger partial charge is 0.240 e. The molecule has 0 fully saturated rings. The number of nitrogens with zero attached hydrogens (tertiary/aromatic N) is 1. The van der Waals surface area contributed by atoms with Crippen molar-refractivity contribution >= 4 is 10.0 Å². The lowest BCUT2D eigenvalue weighted by Crippen LogP contribution is -2.24. The Labute approximate surface area is 148 Å². The number of nitrogens with one attached hydrogen (secondary N) is 1. The highest BCUT2D eigenvalue weighted by molar-refractivity contribution is 7.89. The molecule has 0 unspecified atom stereocenters. The SMILES string of the molecule is COc1c(C)cc(S(=O)(=O)NCc2ccc([C@H](C)O)c(C)n2)cc1C.